The van der Waals surface area contributed by atoms with Crippen LogP contribution in [-0.4, -0.2) is 28.7 Å². The molecule has 0 heterocycles. The number of sulfonamides is 1. The van der Waals surface area contributed by atoms with Gasteiger partial charge in [-0.25, -0.2) is 12.8 Å². The summed E-state index contributed by atoms with van der Waals surface area (Å²) in [5.41, 5.74) is 0. The Hall–Kier alpha value is -3.08. The summed E-state index contributed by atoms with van der Waals surface area (Å²) in [5.74, 6) is 5.53. The number of benzene rings is 3. The summed E-state index contributed by atoms with van der Waals surface area (Å²) in [5, 5.41) is 2.04. The Kier molecular flexibility index (Phi) is 6.14. The lowest BCUT2D eigenvalue weighted by molar-refractivity contribution is 0.374. The van der Waals surface area contributed by atoms with E-state index in [4.69, 9.17) is 9.47 Å². The smallest absolute Gasteiger partial charge is 0.245 e. The molecule has 0 radical (unpaired) electrons. The van der Waals surface area contributed by atoms with Crippen molar-refractivity contribution in [3.63, 3.8) is 0 Å². The first-order valence-electron chi connectivity index (χ1n) is 8.41. The van der Waals surface area contributed by atoms with E-state index in [0.717, 1.165) is 22.9 Å². The molecule has 144 valence electrons. The average Bonchev–Trinajstić information content (AvgIpc) is 2.70. The van der Waals surface area contributed by atoms with Crippen LogP contribution in [0.1, 0.15) is 0 Å². The van der Waals surface area contributed by atoms with Gasteiger partial charge >= 0.3 is 0 Å². The molecule has 0 amide bonds. The van der Waals surface area contributed by atoms with Crippen LogP contribution in [0, 0.1) is 17.7 Å². The van der Waals surface area contributed by atoms with Gasteiger partial charge in [-0.05, 0) is 29.7 Å². The van der Waals surface area contributed by atoms with E-state index in [1.54, 1.807) is 0 Å². The minimum absolute atomic E-state index is 0.0566. The maximum absolute atomic E-state index is 13.4. The summed E-state index contributed by atoms with van der Waals surface area (Å²) in [6, 6.07) is 16.8. The van der Waals surface area contributed by atoms with Crippen molar-refractivity contribution >= 4 is 20.8 Å². The van der Waals surface area contributed by atoms with E-state index in [0.29, 0.717) is 5.75 Å². The Bertz CT molecular complexity index is 1140. The fourth-order valence-electron chi connectivity index (χ4n) is 2.62. The number of ether oxygens (including phenoxy) is 2. The Labute approximate surface area is 163 Å². The van der Waals surface area contributed by atoms with Gasteiger partial charge in [-0.2, -0.15) is 4.72 Å². The quantitative estimate of drug-likeness (QED) is 0.646. The van der Waals surface area contributed by atoms with Crippen molar-refractivity contribution in [2.75, 3.05) is 20.3 Å². The largest absolute Gasteiger partial charge is 0.495 e. The minimum Gasteiger partial charge on any atom is -0.495 e. The predicted molar refractivity (Wildman–Crippen MR) is 105 cm³/mol. The Morgan fingerprint density at radius 2 is 1.79 bits per heavy atom. The highest BCUT2D eigenvalue weighted by Crippen LogP contribution is 2.25. The van der Waals surface area contributed by atoms with Crippen LogP contribution >= 0.6 is 0 Å². The molecule has 0 aliphatic carbocycles. The number of halogens is 1. The third-order valence-corrected chi connectivity index (χ3v) is 5.36. The standard InChI is InChI=1S/C21H18FNO4S/c1-26-20-12-11-17(22)15-21(20)28(24,25)23-13-4-5-14-27-19-10-6-8-16-7-2-3-9-18(16)19/h2-3,6-12,15,23H,13-14H2,1H3. The van der Waals surface area contributed by atoms with Crippen molar-refractivity contribution in [1.29, 1.82) is 0 Å². The molecular weight excluding hydrogens is 381 g/mol. The van der Waals surface area contributed by atoms with Gasteiger partial charge in [0.1, 0.15) is 28.8 Å². The molecule has 1 N–H and O–H groups in total. The zero-order valence-corrected chi connectivity index (χ0v) is 15.9. The summed E-state index contributed by atoms with van der Waals surface area (Å²) in [7, 11) is -2.64. The van der Waals surface area contributed by atoms with Gasteiger partial charge < -0.3 is 9.47 Å². The highest BCUT2D eigenvalue weighted by atomic mass is 32.2. The summed E-state index contributed by atoms with van der Waals surface area (Å²) in [6.07, 6.45) is 0. The van der Waals surface area contributed by atoms with E-state index >= 15 is 0 Å². The maximum atomic E-state index is 13.4. The molecule has 28 heavy (non-hydrogen) atoms. The number of hydrogen-bond acceptors (Lipinski definition) is 4. The average molecular weight is 399 g/mol. The number of methoxy groups -OCH3 is 1. The minimum atomic E-state index is -3.95. The Balaban J connectivity index is 1.60. The van der Waals surface area contributed by atoms with Gasteiger partial charge in [-0.15, -0.1) is 0 Å². The van der Waals surface area contributed by atoms with Gasteiger partial charge in [0.2, 0.25) is 10.0 Å². The number of fused-ring (bicyclic) bond motifs is 1. The second kappa shape index (κ2) is 8.74. The molecule has 0 aromatic heterocycles. The summed E-state index contributed by atoms with van der Waals surface area (Å²) < 4.78 is 50.9. The lowest BCUT2D eigenvalue weighted by atomic mass is 10.1. The van der Waals surface area contributed by atoms with E-state index in [1.807, 2.05) is 42.5 Å². The molecule has 0 fully saturated rings. The van der Waals surface area contributed by atoms with Gasteiger partial charge in [0, 0.05) is 5.39 Å². The van der Waals surface area contributed by atoms with Gasteiger partial charge in [0.05, 0.1) is 13.7 Å². The van der Waals surface area contributed by atoms with E-state index in [-0.39, 0.29) is 23.8 Å². The summed E-state index contributed by atoms with van der Waals surface area (Å²) >= 11 is 0. The summed E-state index contributed by atoms with van der Waals surface area (Å²) in [6.45, 7) is -0.0279. The molecule has 7 heteroatoms. The molecular formula is C21H18FNO4S. The zero-order valence-electron chi connectivity index (χ0n) is 15.1. The van der Waals surface area contributed by atoms with Gasteiger partial charge in [-0.1, -0.05) is 48.2 Å². The maximum Gasteiger partial charge on any atom is 0.245 e. The highest BCUT2D eigenvalue weighted by Gasteiger charge is 2.19. The van der Waals surface area contributed by atoms with E-state index in [2.05, 4.69) is 16.6 Å². The lowest BCUT2D eigenvalue weighted by Crippen LogP contribution is -2.24. The third-order valence-electron chi connectivity index (χ3n) is 3.94. The SMILES string of the molecule is COc1ccc(F)cc1S(=O)(=O)NCC#CCOc1cccc2ccccc12. The molecule has 3 aromatic rings. The predicted octanol–water partition coefficient (Wildman–Crippen LogP) is 3.35. The van der Waals surface area contributed by atoms with Crippen LogP contribution in [0.3, 0.4) is 0 Å². The number of rotatable bonds is 6. The molecule has 0 saturated carbocycles. The fourth-order valence-corrected chi connectivity index (χ4v) is 3.72. The highest BCUT2D eigenvalue weighted by molar-refractivity contribution is 7.89. The van der Waals surface area contributed by atoms with Crippen LogP contribution in [0.5, 0.6) is 11.5 Å². The molecule has 0 saturated heterocycles. The van der Waals surface area contributed by atoms with E-state index < -0.39 is 15.8 Å². The molecule has 3 rings (SSSR count). The normalized spacial score (nSPS) is 10.9. The second-order valence-corrected chi connectivity index (χ2v) is 7.47. The first-order chi connectivity index (χ1) is 13.5. The third kappa shape index (κ3) is 4.60. The van der Waals surface area contributed by atoms with Crippen molar-refractivity contribution in [2.45, 2.75) is 4.90 Å². The second-order valence-electron chi connectivity index (χ2n) is 5.74. The lowest BCUT2D eigenvalue weighted by Gasteiger charge is -2.09. The first kappa shape index (κ1) is 19.7. The molecule has 0 spiro atoms. The molecule has 0 atom stereocenters. The molecule has 0 aliphatic heterocycles. The first-order valence-corrected chi connectivity index (χ1v) is 9.89. The van der Waals surface area contributed by atoms with Gasteiger partial charge in [0.25, 0.3) is 0 Å². The van der Waals surface area contributed by atoms with E-state index in [9.17, 15) is 12.8 Å². The Morgan fingerprint density at radius 1 is 1.00 bits per heavy atom. The fraction of sp³-hybridized carbons (Fsp3) is 0.143. The van der Waals surface area contributed by atoms with Crippen LogP contribution in [0.2, 0.25) is 0 Å². The van der Waals surface area contributed by atoms with Crippen LogP contribution in [0.4, 0.5) is 4.39 Å². The van der Waals surface area contributed by atoms with Crippen molar-refractivity contribution in [2.24, 2.45) is 0 Å². The van der Waals surface area contributed by atoms with Crippen LogP contribution in [0.25, 0.3) is 10.8 Å². The molecule has 3 aromatic carbocycles. The number of nitrogens with one attached hydrogen (secondary N) is 1. The zero-order chi connectivity index (χ0) is 20.0. The molecule has 0 unspecified atom stereocenters. The van der Waals surface area contributed by atoms with Crippen LogP contribution in [-0.2, 0) is 10.0 Å². The van der Waals surface area contributed by atoms with Gasteiger partial charge in [0.15, 0.2) is 0 Å². The molecule has 0 aliphatic rings. The van der Waals surface area contributed by atoms with Crippen molar-refractivity contribution in [1.82, 2.24) is 4.72 Å². The topological polar surface area (TPSA) is 64.6 Å². The van der Waals surface area contributed by atoms with Crippen LogP contribution < -0.4 is 14.2 Å². The van der Waals surface area contributed by atoms with E-state index in [1.165, 1.54) is 13.2 Å². The number of hydrogen-bond donors (Lipinski definition) is 1. The summed E-state index contributed by atoms with van der Waals surface area (Å²) in [4.78, 5) is -0.274. The van der Waals surface area contributed by atoms with Crippen molar-refractivity contribution in [3.05, 3.63) is 66.5 Å². The Morgan fingerprint density at radius 3 is 2.61 bits per heavy atom. The molecule has 5 nitrogen and oxygen atoms in total. The molecule has 0 bridgehead atoms. The van der Waals surface area contributed by atoms with Crippen molar-refractivity contribution in [3.8, 4) is 23.3 Å². The van der Waals surface area contributed by atoms with Gasteiger partial charge in [-0.3, -0.25) is 0 Å². The van der Waals surface area contributed by atoms with Crippen LogP contribution in [0.15, 0.2) is 65.6 Å². The van der Waals surface area contributed by atoms with Crippen molar-refractivity contribution < 1.29 is 22.3 Å². The monoisotopic (exact) mass is 399 g/mol.